The molecular formula is C8H11ClO4S. The van der Waals surface area contributed by atoms with Crippen molar-refractivity contribution in [2.24, 2.45) is 0 Å². The molecule has 1 N–H and O–H groups in total. The Kier molecular flexibility index (Phi) is 5.43. The van der Waals surface area contributed by atoms with E-state index in [1.54, 1.807) is 0 Å². The maximum absolute atomic E-state index is 8.60. The van der Waals surface area contributed by atoms with Crippen molar-refractivity contribution < 1.29 is 28.9 Å². The lowest BCUT2D eigenvalue weighted by molar-refractivity contribution is -1.92. The Bertz CT molecular complexity index is 272. The van der Waals surface area contributed by atoms with Crippen LogP contribution in [0.5, 0.6) is 0 Å². The van der Waals surface area contributed by atoms with Crippen LogP contribution < -0.4 is 14.0 Å². The van der Waals surface area contributed by atoms with E-state index in [9.17, 15) is 0 Å². The highest BCUT2D eigenvalue weighted by Crippen LogP contribution is 2.15. The summed E-state index contributed by atoms with van der Waals surface area (Å²) in [7, 11) is -4.69. The maximum Gasteiger partial charge on any atom is 0.0777 e. The lowest BCUT2D eigenvalue weighted by atomic mass is 10.1. The molecule has 0 fully saturated rings. The second-order valence-electron chi connectivity index (χ2n) is 2.62. The summed E-state index contributed by atoms with van der Waals surface area (Å²) in [6.07, 6.45) is 0. The molecule has 0 saturated carbocycles. The molecule has 1 rings (SSSR count). The number of hydrogen-bond acceptors (Lipinski definition) is 5. The van der Waals surface area contributed by atoms with Crippen LogP contribution >= 0.6 is 12.6 Å². The Morgan fingerprint density at radius 1 is 1.21 bits per heavy atom. The van der Waals surface area contributed by atoms with Crippen LogP contribution in [0.2, 0.25) is 0 Å². The van der Waals surface area contributed by atoms with E-state index in [0.29, 0.717) is 0 Å². The van der Waals surface area contributed by atoms with Crippen molar-refractivity contribution in [2.45, 2.75) is 18.7 Å². The van der Waals surface area contributed by atoms with Gasteiger partial charge in [0.15, 0.2) is 0 Å². The predicted molar refractivity (Wildman–Crippen MR) is 45.4 cm³/mol. The van der Waals surface area contributed by atoms with E-state index >= 15 is 0 Å². The molecule has 0 heterocycles. The average molecular weight is 239 g/mol. The molecule has 1 aromatic carbocycles. The highest BCUT2D eigenvalue weighted by molar-refractivity contribution is 7.80. The van der Waals surface area contributed by atoms with E-state index in [2.05, 4.69) is 32.5 Å². The zero-order valence-electron chi connectivity index (χ0n) is 7.73. The van der Waals surface area contributed by atoms with Gasteiger partial charge in [-0.3, -0.25) is 0 Å². The predicted octanol–water partition coefficient (Wildman–Crippen LogP) is -1.53. The molecule has 6 heteroatoms. The van der Waals surface area contributed by atoms with E-state index in [-0.39, 0.29) is 0 Å². The van der Waals surface area contributed by atoms with Gasteiger partial charge < -0.3 is 0 Å². The maximum atomic E-state index is 8.60. The third kappa shape index (κ3) is 7.14. The van der Waals surface area contributed by atoms with E-state index in [0.717, 1.165) is 4.90 Å². The molecule has 0 unspecified atom stereocenters. The van der Waals surface area contributed by atoms with Crippen LogP contribution in [0.25, 0.3) is 0 Å². The first kappa shape index (κ1) is 13.7. The molecule has 4 nitrogen and oxygen atoms in total. The van der Waals surface area contributed by atoms with Crippen molar-refractivity contribution in [1.82, 2.24) is 0 Å². The first-order valence-corrected chi connectivity index (χ1v) is 5.31. The molecule has 0 aliphatic rings. The first-order valence-electron chi connectivity index (χ1n) is 3.60. The number of hydrogen-bond donors (Lipinski definition) is 2. The van der Waals surface area contributed by atoms with Crippen LogP contribution in [0.4, 0.5) is 0 Å². The first-order chi connectivity index (χ1) is 6.22. The van der Waals surface area contributed by atoms with Gasteiger partial charge in [-0.1, -0.05) is 12.1 Å². The minimum atomic E-state index is -4.69. The fraction of sp³-hybridized carbons (Fsp3) is 0.250. The molecule has 1 aromatic rings. The van der Waals surface area contributed by atoms with Crippen LogP contribution in [-0.2, 0) is 0 Å². The summed E-state index contributed by atoms with van der Waals surface area (Å²) >= 11 is 4.27. The van der Waals surface area contributed by atoms with Crippen LogP contribution in [-0.4, -0.2) is 4.66 Å². The smallest absolute Gasteiger partial charge is 0.0777 e. The lowest BCUT2D eigenvalue weighted by Gasteiger charge is -2.03. The zero-order chi connectivity index (χ0) is 11.4. The van der Waals surface area contributed by atoms with Gasteiger partial charge in [0.25, 0.3) is 0 Å². The van der Waals surface area contributed by atoms with Gasteiger partial charge in [0.1, 0.15) is 0 Å². The van der Waals surface area contributed by atoms with Crippen molar-refractivity contribution in [3.63, 3.8) is 0 Å². The number of benzene rings is 1. The van der Waals surface area contributed by atoms with Crippen molar-refractivity contribution in [1.29, 1.82) is 0 Å². The molecule has 0 radical (unpaired) electrons. The van der Waals surface area contributed by atoms with Crippen molar-refractivity contribution in [3.8, 4) is 0 Å². The van der Waals surface area contributed by atoms with E-state index < -0.39 is 10.2 Å². The summed E-state index contributed by atoms with van der Waals surface area (Å²) in [5.74, 6) is 0. The van der Waals surface area contributed by atoms with Gasteiger partial charge in [0.2, 0.25) is 0 Å². The van der Waals surface area contributed by atoms with Crippen LogP contribution in [0.1, 0.15) is 11.1 Å². The molecule has 0 saturated heterocycles. The quantitative estimate of drug-likeness (QED) is 0.537. The average Bonchev–Trinajstić information content (AvgIpc) is 1.97. The van der Waals surface area contributed by atoms with Crippen molar-refractivity contribution in [3.05, 3.63) is 29.3 Å². The molecule has 0 atom stereocenters. The van der Waals surface area contributed by atoms with Crippen LogP contribution in [0.15, 0.2) is 23.1 Å². The zero-order valence-corrected chi connectivity index (χ0v) is 9.38. The molecule has 0 aromatic heterocycles. The van der Waals surface area contributed by atoms with E-state index in [1.165, 1.54) is 11.1 Å². The van der Waals surface area contributed by atoms with E-state index in [1.807, 2.05) is 12.1 Å². The minimum Gasteiger partial charge on any atom is -0.183 e. The molecular weight excluding hydrogens is 228 g/mol. The molecule has 0 aliphatic carbocycles. The molecule has 14 heavy (non-hydrogen) atoms. The standard InChI is InChI=1S/C8H10S.ClHO4/c1-6-4-3-5-8(9)7(6)2;2-1(3,4)5/h3-5,9H,1-2H3;(H,2,3,4,5). The minimum absolute atomic E-state index is 1.08. The third-order valence-electron chi connectivity index (χ3n) is 1.58. The SMILES string of the molecule is Cc1cccc(S)c1C.[O-][Cl+3]([O-])([O-])O. The summed E-state index contributed by atoms with van der Waals surface area (Å²) < 4.78 is 32.7. The van der Waals surface area contributed by atoms with Gasteiger partial charge in [0.05, 0.1) is 14.9 Å². The highest BCUT2D eigenvalue weighted by atomic mass is 35.7. The molecule has 0 aliphatic heterocycles. The second kappa shape index (κ2) is 5.55. The molecule has 80 valence electrons. The summed E-state index contributed by atoms with van der Waals surface area (Å²) in [5.41, 5.74) is 2.59. The van der Waals surface area contributed by atoms with Gasteiger partial charge in [-0.2, -0.15) is 14.0 Å². The van der Waals surface area contributed by atoms with Crippen LogP contribution in [0.3, 0.4) is 0 Å². The van der Waals surface area contributed by atoms with E-state index in [4.69, 9.17) is 18.6 Å². The number of aryl methyl sites for hydroxylation is 1. The lowest BCUT2D eigenvalue weighted by Crippen LogP contribution is -2.58. The normalized spacial score (nSPS) is 10.5. The number of rotatable bonds is 0. The van der Waals surface area contributed by atoms with Gasteiger partial charge in [-0.15, -0.1) is 12.6 Å². The van der Waals surface area contributed by atoms with Gasteiger partial charge >= 0.3 is 0 Å². The fourth-order valence-corrected chi connectivity index (χ4v) is 0.998. The number of thiol groups is 1. The molecule has 0 amide bonds. The Balaban J connectivity index is 0.000000292. The second-order valence-corrected chi connectivity index (χ2v) is 3.89. The Hall–Kier alpha value is -0.300. The summed E-state index contributed by atoms with van der Waals surface area (Å²) in [6, 6.07) is 6.12. The largest absolute Gasteiger partial charge is 0.183 e. The Morgan fingerprint density at radius 3 is 1.93 bits per heavy atom. The highest BCUT2D eigenvalue weighted by Gasteiger charge is 1.98. The number of halogens is 1. The Morgan fingerprint density at radius 2 is 1.64 bits per heavy atom. The van der Waals surface area contributed by atoms with Gasteiger partial charge in [-0.25, -0.2) is 0 Å². The Labute approximate surface area is 90.0 Å². The summed E-state index contributed by atoms with van der Waals surface area (Å²) in [4.78, 5) is 1.08. The molecule has 0 bridgehead atoms. The summed E-state index contributed by atoms with van der Waals surface area (Å²) in [6.45, 7) is 4.17. The van der Waals surface area contributed by atoms with Gasteiger partial charge in [0, 0.05) is 4.90 Å². The van der Waals surface area contributed by atoms with Crippen molar-refractivity contribution >= 4 is 12.6 Å². The van der Waals surface area contributed by atoms with Gasteiger partial charge in [-0.05, 0) is 31.0 Å². The molecule has 0 spiro atoms. The topological polar surface area (TPSA) is 89.4 Å². The fourth-order valence-electron chi connectivity index (χ4n) is 0.736. The van der Waals surface area contributed by atoms with Crippen molar-refractivity contribution in [2.75, 3.05) is 0 Å². The van der Waals surface area contributed by atoms with Crippen LogP contribution in [0, 0.1) is 24.1 Å². The summed E-state index contributed by atoms with van der Waals surface area (Å²) in [5, 5.41) is 0. The monoisotopic (exact) mass is 238 g/mol. The third-order valence-corrected chi connectivity index (χ3v) is 2.06.